The molecule has 0 aromatic heterocycles. The van der Waals surface area contributed by atoms with Gasteiger partial charge in [0, 0.05) is 0 Å². The molecule has 4 aromatic carbocycles. The third-order valence-electron chi connectivity index (χ3n) is 5.74. The molecule has 0 radical (unpaired) electrons. The molecule has 0 saturated heterocycles. The van der Waals surface area contributed by atoms with E-state index in [1.54, 1.807) is 0 Å². The van der Waals surface area contributed by atoms with Crippen molar-refractivity contribution < 1.29 is 0 Å². The number of benzene rings is 4. The van der Waals surface area contributed by atoms with Gasteiger partial charge in [-0.25, -0.2) is 0 Å². The first-order chi connectivity index (χ1) is 15.0. The molecule has 0 bridgehead atoms. The van der Waals surface area contributed by atoms with Crippen LogP contribution in [0.5, 0.6) is 0 Å². The van der Waals surface area contributed by atoms with Crippen molar-refractivity contribution in [1.29, 1.82) is 0 Å². The molecule has 31 heavy (non-hydrogen) atoms. The Morgan fingerprint density at radius 3 is 1.16 bits per heavy atom. The van der Waals surface area contributed by atoms with Crippen LogP contribution in [0, 0.1) is 0 Å². The zero-order chi connectivity index (χ0) is 21.7. The van der Waals surface area contributed by atoms with Crippen molar-refractivity contribution in [3.05, 3.63) is 121 Å². The molecule has 156 valence electrons. The van der Waals surface area contributed by atoms with E-state index in [9.17, 15) is 0 Å². The van der Waals surface area contributed by atoms with Gasteiger partial charge in [0.2, 0.25) is 0 Å². The van der Waals surface area contributed by atoms with Crippen molar-refractivity contribution in [2.45, 2.75) is 19.6 Å². The summed E-state index contributed by atoms with van der Waals surface area (Å²) in [6.07, 6.45) is -1.73. The second-order valence-corrected chi connectivity index (χ2v) is 24.4. The predicted molar refractivity (Wildman–Crippen MR) is 148 cm³/mol. The number of rotatable bonds is 6. The van der Waals surface area contributed by atoms with Crippen LogP contribution in [0.4, 0.5) is 0 Å². The Labute approximate surface area is 189 Å². The SMILES string of the molecule is C[Si](C)(C)P(=CP(c1ccccc1)c1ccccc1)(c1ccccc1)c1ccccc1. The van der Waals surface area contributed by atoms with Crippen LogP contribution in [-0.2, 0) is 0 Å². The first-order valence-corrected chi connectivity index (χ1v) is 18.4. The molecule has 3 heteroatoms. The first kappa shape index (κ1) is 22.0. The lowest BCUT2D eigenvalue weighted by Crippen LogP contribution is -2.36. The fourth-order valence-electron chi connectivity index (χ4n) is 4.19. The average Bonchev–Trinajstić information content (AvgIpc) is 2.81. The summed E-state index contributed by atoms with van der Waals surface area (Å²) in [5.74, 6) is 0. The van der Waals surface area contributed by atoms with E-state index in [1.807, 2.05) is 0 Å². The molecule has 0 heterocycles. The molecule has 4 aromatic rings. The molecule has 0 unspecified atom stereocenters. The fraction of sp³-hybridized carbons (Fsp3) is 0.107. The summed E-state index contributed by atoms with van der Waals surface area (Å²) in [5, 5.41) is 5.89. The van der Waals surface area contributed by atoms with Crippen molar-refractivity contribution in [3.63, 3.8) is 0 Å². The van der Waals surface area contributed by atoms with Crippen LogP contribution >= 0.6 is 14.4 Å². The Morgan fingerprint density at radius 2 is 0.839 bits per heavy atom. The third-order valence-corrected chi connectivity index (χ3v) is 23.0. The summed E-state index contributed by atoms with van der Waals surface area (Å²) in [6.45, 7) is 7.67. The van der Waals surface area contributed by atoms with Crippen LogP contribution in [0.15, 0.2) is 121 Å². The largest absolute Gasteiger partial charge is 0.0824 e. The van der Waals surface area contributed by atoms with Gasteiger partial charge in [-0.2, -0.15) is 0 Å². The summed E-state index contributed by atoms with van der Waals surface area (Å²) in [6, 6.07) is 44.9. The molecule has 0 amide bonds. The normalized spacial score (nSPS) is 12.0. The smallest absolute Gasteiger partial charge is 0.0651 e. The molecule has 0 saturated carbocycles. The lowest BCUT2D eigenvalue weighted by Gasteiger charge is -2.40. The summed E-state index contributed by atoms with van der Waals surface area (Å²) >= 11 is 0. The van der Waals surface area contributed by atoms with Gasteiger partial charge in [0.1, 0.15) is 0 Å². The molecule has 4 rings (SSSR count). The molecule has 0 nitrogen and oxygen atoms in total. The zero-order valence-electron chi connectivity index (χ0n) is 18.5. The molecular weight excluding hydrogens is 426 g/mol. The standard InChI is InChI=1S/C28H30P2Si/c1-31(2,3)30(27-20-12-6-13-21-27,28-22-14-7-15-23-28)24-29(25-16-8-4-9-17-25)26-18-10-5-11-19-26/h4-24H,1-3H3. The van der Waals surface area contributed by atoms with Gasteiger partial charge in [-0.1, -0.05) is 147 Å². The van der Waals surface area contributed by atoms with Crippen LogP contribution in [0.2, 0.25) is 19.6 Å². The highest BCUT2D eigenvalue weighted by atomic mass is 31.4. The van der Waals surface area contributed by atoms with Crippen molar-refractivity contribution in [2.24, 2.45) is 0 Å². The Balaban J connectivity index is 2.11. The summed E-state index contributed by atoms with van der Waals surface area (Å²) < 4.78 is 0. The minimum Gasteiger partial charge on any atom is -0.0651 e. The molecule has 0 aliphatic heterocycles. The molecule has 0 N–H and O–H groups in total. The van der Waals surface area contributed by atoms with Crippen LogP contribution in [-0.4, -0.2) is 13.3 Å². The maximum Gasteiger partial charge on any atom is 0.0824 e. The minimum absolute atomic E-state index is 0.591. The number of hydrogen-bond acceptors (Lipinski definition) is 0. The van der Waals surface area contributed by atoms with E-state index in [0.29, 0.717) is 0 Å². The quantitative estimate of drug-likeness (QED) is 0.233. The van der Waals surface area contributed by atoms with Crippen LogP contribution in [0.25, 0.3) is 0 Å². The lowest BCUT2D eigenvalue weighted by atomic mass is 10.4. The third kappa shape index (κ3) is 4.56. The maximum absolute atomic E-state index is 2.82. The first-order valence-electron chi connectivity index (χ1n) is 10.8. The van der Waals surface area contributed by atoms with Gasteiger partial charge < -0.3 is 0 Å². The maximum atomic E-state index is 2.82. The minimum atomic E-state index is -1.73. The molecule has 0 aliphatic carbocycles. The number of hydrogen-bond donors (Lipinski definition) is 0. The Hall–Kier alpha value is -2.17. The molecule has 0 spiro atoms. The van der Waals surface area contributed by atoms with E-state index >= 15 is 0 Å². The van der Waals surface area contributed by atoms with Crippen molar-refractivity contribution >= 4 is 48.9 Å². The van der Waals surface area contributed by atoms with Gasteiger partial charge in [0.05, 0.1) is 7.74 Å². The molecule has 0 aliphatic rings. The predicted octanol–water partition coefficient (Wildman–Crippen LogP) is 6.38. The van der Waals surface area contributed by atoms with Gasteiger partial charge in [-0.05, 0) is 34.7 Å². The van der Waals surface area contributed by atoms with E-state index in [-0.39, 0.29) is 0 Å². The van der Waals surface area contributed by atoms with E-state index in [1.165, 1.54) is 21.2 Å². The van der Waals surface area contributed by atoms with Crippen molar-refractivity contribution in [1.82, 2.24) is 0 Å². The second kappa shape index (κ2) is 9.54. The van der Waals surface area contributed by atoms with E-state index in [4.69, 9.17) is 0 Å². The van der Waals surface area contributed by atoms with Crippen molar-refractivity contribution in [2.75, 3.05) is 0 Å². The van der Waals surface area contributed by atoms with Crippen LogP contribution in [0.1, 0.15) is 0 Å². The fourth-order valence-corrected chi connectivity index (χ4v) is 23.2. The van der Waals surface area contributed by atoms with Crippen LogP contribution < -0.4 is 21.2 Å². The van der Waals surface area contributed by atoms with E-state index < -0.39 is 22.1 Å². The Bertz CT molecular complexity index is 1070. The highest BCUT2D eigenvalue weighted by Gasteiger charge is 2.37. The van der Waals surface area contributed by atoms with Gasteiger partial charge in [0.15, 0.2) is 0 Å². The zero-order valence-corrected chi connectivity index (χ0v) is 21.3. The highest BCUT2D eigenvalue weighted by molar-refractivity contribution is 8.22. The Kier molecular flexibility index (Phi) is 6.78. The lowest BCUT2D eigenvalue weighted by molar-refractivity contribution is 1.74. The van der Waals surface area contributed by atoms with Gasteiger partial charge in [-0.3, -0.25) is 0 Å². The highest BCUT2D eigenvalue weighted by Crippen LogP contribution is 2.58. The Morgan fingerprint density at radius 1 is 0.516 bits per heavy atom. The topological polar surface area (TPSA) is 0 Å². The average molecular weight is 457 g/mol. The van der Waals surface area contributed by atoms with Gasteiger partial charge in [0.25, 0.3) is 0 Å². The molecular formula is C28H30P2Si. The molecule has 0 atom stereocenters. The monoisotopic (exact) mass is 456 g/mol. The van der Waals surface area contributed by atoms with Crippen molar-refractivity contribution in [3.8, 4) is 0 Å². The van der Waals surface area contributed by atoms with E-state index in [0.717, 1.165) is 0 Å². The summed E-state index contributed by atoms with van der Waals surface area (Å²) in [7, 11) is -2.27. The van der Waals surface area contributed by atoms with E-state index in [2.05, 4.69) is 147 Å². The van der Waals surface area contributed by atoms with Crippen LogP contribution in [0.3, 0.4) is 0 Å². The second-order valence-electron chi connectivity index (χ2n) is 8.72. The summed E-state index contributed by atoms with van der Waals surface area (Å²) in [5.41, 5.74) is 2.82. The molecule has 0 fully saturated rings. The van der Waals surface area contributed by atoms with Gasteiger partial charge >= 0.3 is 0 Å². The summed E-state index contributed by atoms with van der Waals surface area (Å²) in [4.78, 5) is 0. The van der Waals surface area contributed by atoms with Gasteiger partial charge in [-0.15, -0.1) is 0 Å².